The van der Waals surface area contributed by atoms with Crippen LogP contribution in [-0.4, -0.2) is 33.8 Å². The molecule has 6 nitrogen and oxygen atoms in total. The Balaban J connectivity index is 0.00000225. The Morgan fingerprint density at radius 1 is 1.32 bits per heavy atom. The monoisotopic (exact) mass is 375 g/mol. The van der Waals surface area contributed by atoms with Crippen LogP contribution in [0, 0.1) is 5.92 Å². The Bertz CT molecular complexity index is 716. The number of nitrogens with one attached hydrogen (secondary N) is 2. The Morgan fingerprint density at radius 2 is 2.08 bits per heavy atom. The zero-order valence-corrected chi connectivity index (χ0v) is 13.9. The van der Waals surface area contributed by atoms with Crippen molar-refractivity contribution in [3.05, 3.63) is 36.4 Å². The highest BCUT2D eigenvalue weighted by atomic mass is 35.5. The van der Waals surface area contributed by atoms with Crippen molar-refractivity contribution in [3.8, 4) is 5.69 Å². The molecule has 2 aromatic rings. The molecule has 1 aromatic carbocycles. The predicted molar refractivity (Wildman–Crippen MR) is 87.8 cm³/mol. The third kappa shape index (κ3) is 5.17. The molecule has 10 heteroatoms. The van der Waals surface area contributed by atoms with Crippen LogP contribution in [-0.2, 0) is 11.0 Å². The molecule has 0 aliphatic heterocycles. The minimum absolute atomic E-state index is 0. The van der Waals surface area contributed by atoms with Crippen LogP contribution in [0.15, 0.2) is 30.9 Å². The van der Waals surface area contributed by atoms with Gasteiger partial charge in [-0.3, -0.25) is 4.79 Å². The van der Waals surface area contributed by atoms with Crippen LogP contribution >= 0.6 is 12.4 Å². The van der Waals surface area contributed by atoms with Crippen LogP contribution in [0.2, 0.25) is 0 Å². The molecule has 1 amide bonds. The third-order valence-corrected chi connectivity index (χ3v) is 3.67. The van der Waals surface area contributed by atoms with E-state index in [1.54, 1.807) is 0 Å². The molecule has 0 unspecified atom stereocenters. The van der Waals surface area contributed by atoms with E-state index in [4.69, 9.17) is 0 Å². The van der Waals surface area contributed by atoms with Crippen molar-refractivity contribution in [2.75, 3.05) is 18.4 Å². The standard InChI is InChI=1S/C15H16F3N5O.ClH/c16-15(17,18)12-5-11(3-4-13(12)23-9-20-8-21-23)22-14(24)7-19-6-10-1-2-10;/h3-5,8-10,19H,1-2,6-7H2,(H,22,24);1H. The van der Waals surface area contributed by atoms with Crippen LogP contribution in [0.5, 0.6) is 0 Å². The molecule has 0 spiro atoms. The van der Waals surface area contributed by atoms with E-state index in [-0.39, 0.29) is 36.2 Å². The first kappa shape index (κ1) is 19.2. The van der Waals surface area contributed by atoms with Crippen LogP contribution in [0.1, 0.15) is 18.4 Å². The molecule has 1 aromatic heterocycles. The molecule has 25 heavy (non-hydrogen) atoms. The van der Waals surface area contributed by atoms with Gasteiger partial charge in [-0.05, 0) is 43.5 Å². The van der Waals surface area contributed by atoms with Crippen molar-refractivity contribution in [1.82, 2.24) is 20.1 Å². The van der Waals surface area contributed by atoms with E-state index in [9.17, 15) is 18.0 Å². The summed E-state index contributed by atoms with van der Waals surface area (Å²) in [5.74, 6) is 0.244. The fraction of sp³-hybridized carbons (Fsp3) is 0.400. The van der Waals surface area contributed by atoms with Gasteiger partial charge in [-0.2, -0.15) is 18.3 Å². The van der Waals surface area contributed by atoms with Gasteiger partial charge in [0.1, 0.15) is 12.7 Å². The molecule has 0 bridgehead atoms. The van der Waals surface area contributed by atoms with E-state index in [1.807, 2.05) is 0 Å². The molecule has 1 heterocycles. The van der Waals surface area contributed by atoms with Gasteiger partial charge in [0, 0.05) is 5.69 Å². The van der Waals surface area contributed by atoms with Crippen molar-refractivity contribution < 1.29 is 18.0 Å². The average molecular weight is 376 g/mol. The molecule has 3 rings (SSSR count). The SMILES string of the molecule is Cl.O=C(CNCC1CC1)Nc1ccc(-n2cncn2)c(C(F)(F)F)c1. The zero-order valence-electron chi connectivity index (χ0n) is 13.1. The first-order valence-electron chi connectivity index (χ1n) is 7.50. The number of carbonyl (C=O) groups is 1. The van der Waals surface area contributed by atoms with Gasteiger partial charge in [-0.15, -0.1) is 12.4 Å². The van der Waals surface area contributed by atoms with Crippen molar-refractivity contribution in [3.63, 3.8) is 0 Å². The second-order valence-electron chi connectivity index (χ2n) is 5.69. The molecule has 0 saturated heterocycles. The number of benzene rings is 1. The van der Waals surface area contributed by atoms with E-state index < -0.39 is 11.7 Å². The number of carbonyl (C=O) groups excluding carboxylic acids is 1. The van der Waals surface area contributed by atoms with Gasteiger partial charge in [-0.1, -0.05) is 0 Å². The fourth-order valence-corrected chi connectivity index (χ4v) is 2.29. The summed E-state index contributed by atoms with van der Waals surface area (Å²) >= 11 is 0. The summed E-state index contributed by atoms with van der Waals surface area (Å²) in [6, 6.07) is 3.56. The maximum Gasteiger partial charge on any atom is 0.418 e. The minimum Gasteiger partial charge on any atom is -0.325 e. The molecule has 0 radical (unpaired) electrons. The Kier molecular flexibility index (Phi) is 6.02. The van der Waals surface area contributed by atoms with Crippen molar-refractivity contribution in [2.24, 2.45) is 5.92 Å². The van der Waals surface area contributed by atoms with Gasteiger partial charge in [0.05, 0.1) is 17.8 Å². The van der Waals surface area contributed by atoms with Crippen LogP contribution in [0.25, 0.3) is 5.69 Å². The zero-order chi connectivity index (χ0) is 17.2. The average Bonchev–Trinajstić information content (AvgIpc) is 3.18. The van der Waals surface area contributed by atoms with Crippen molar-refractivity contribution >= 4 is 24.0 Å². The first-order valence-corrected chi connectivity index (χ1v) is 7.50. The number of anilines is 1. The molecule has 2 N–H and O–H groups in total. The second-order valence-corrected chi connectivity index (χ2v) is 5.69. The van der Waals surface area contributed by atoms with Crippen molar-refractivity contribution in [1.29, 1.82) is 0 Å². The second kappa shape index (κ2) is 7.83. The Hall–Kier alpha value is -2.13. The number of halogens is 4. The number of alkyl halides is 3. The molecule has 1 aliphatic carbocycles. The molecule has 0 atom stereocenters. The smallest absolute Gasteiger partial charge is 0.325 e. The van der Waals surface area contributed by atoms with E-state index in [2.05, 4.69) is 20.7 Å². The molecular formula is C15H17ClF3N5O. The molecular weight excluding hydrogens is 359 g/mol. The van der Waals surface area contributed by atoms with Crippen LogP contribution in [0.3, 0.4) is 0 Å². The van der Waals surface area contributed by atoms with E-state index in [1.165, 1.54) is 18.5 Å². The lowest BCUT2D eigenvalue weighted by Crippen LogP contribution is -2.29. The van der Waals surface area contributed by atoms with E-state index >= 15 is 0 Å². The van der Waals surface area contributed by atoms with Crippen LogP contribution in [0.4, 0.5) is 18.9 Å². The Morgan fingerprint density at radius 3 is 2.68 bits per heavy atom. The number of aromatic nitrogens is 3. The van der Waals surface area contributed by atoms with Gasteiger partial charge >= 0.3 is 6.18 Å². The largest absolute Gasteiger partial charge is 0.418 e. The number of nitrogens with zero attached hydrogens (tertiary/aromatic N) is 3. The molecule has 1 aliphatic rings. The topological polar surface area (TPSA) is 71.8 Å². The number of hydrogen-bond donors (Lipinski definition) is 2. The number of amides is 1. The van der Waals surface area contributed by atoms with Gasteiger partial charge in [0.25, 0.3) is 0 Å². The molecule has 1 saturated carbocycles. The van der Waals surface area contributed by atoms with Gasteiger partial charge in [0.2, 0.25) is 5.91 Å². The van der Waals surface area contributed by atoms with Crippen LogP contribution < -0.4 is 10.6 Å². The number of rotatable bonds is 6. The normalized spacial score (nSPS) is 14.0. The first-order chi connectivity index (χ1) is 11.4. The quantitative estimate of drug-likeness (QED) is 0.814. The number of hydrogen-bond acceptors (Lipinski definition) is 4. The highest BCUT2D eigenvalue weighted by Crippen LogP contribution is 2.35. The summed E-state index contributed by atoms with van der Waals surface area (Å²) in [5, 5.41) is 9.19. The maximum absolute atomic E-state index is 13.3. The summed E-state index contributed by atoms with van der Waals surface area (Å²) in [4.78, 5) is 15.5. The van der Waals surface area contributed by atoms with E-state index in [0.717, 1.165) is 36.5 Å². The van der Waals surface area contributed by atoms with Gasteiger partial charge < -0.3 is 10.6 Å². The highest BCUT2D eigenvalue weighted by Gasteiger charge is 2.34. The highest BCUT2D eigenvalue weighted by molar-refractivity contribution is 5.92. The Labute approximate surface area is 148 Å². The lowest BCUT2D eigenvalue weighted by atomic mass is 10.1. The fourth-order valence-electron chi connectivity index (χ4n) is 2.29. The summed E-state index contributed by atoms with van der Waals surface area (Å²) in [6.07, 6.45) is 0.0822. The summed E-state index contributed by atoms with van der Waals surface area (Å²) in [5.41, 5.74) is -0.953. The van der Waals surface area contributed by atoms with E-state index in [0.29, 0.717) is 5.92 Å². The summed E-state index contributed by atoms with van der Waals surface area (Å²) in [7, 11) is 0. The predicted octanol–water partition coefficient (Wildman–Crippen LogP) is 2.65. The minimum atomic E-state index is -4.58. The third-order valence-electron chi connectivity index (χ3n) is 3.67. The lowest BCUT2D eigenvalue weighted by Gasteiger charge is -2.15. The molecule has 136 valence electrons. The summed E-state index contributed by atoms with van der Waals surface area (Å²) < 4.78 is 40.8. The van der Waals surface area contributed by atoms with Gasteiger partial charge in [-0.25, -0.2) is 9.67 Å². The van der Waals surface area contributed by atoms with Crippen molar-refractivity contribution in [2.45, 2.75) is 19.0 Å². The summed E-state index contributed by atoms with van der Waals surface area (Å²) in [6.45, 7) is 0.829. The molecule has 1 fully saturated rings. The van der Waals surface area contributed by atoms with Gasteiger partial charge in [0.15, 0.2) is 0 Å². The maximum atomic E-state index is 13.3. The lowest BCUT2D eigenvalue weighted by molar-refractivity contribution is -0.137.